The number of aromatic nitrogens is 1. The fourth-order valence-corrected chi connectivity index (χ4v) is 1.04. The van der Waals surface area contributed by atoms with E-state index in [0.717, 1.165) is 0 Å². The van der Waals surface area contributed by atoms with E-state index in [-0.39, 0.29) is 0 Å². The van der Waals surface area contributed by atoms with E-state index < -0.39 is 11.6 Å². The molecule has 0 radical (unpaired) electrons. The van der Waals surface area contributed by atoms with Crippen molar-refractivity contribution in [3.05, 3.63) is 29.6 Å². The lowest BCUT2D eigenvalue weighted by atomic mass is 10.2. The summed E-state index contributed by atoms with van der Waals surface area (Å²) >= 11 is 0. The van der Waals surface area contributed by atoms with Crippen LogP contribution in [0, 0.1) is 0 Å². The average molecular weight is 208 g/mol. The van der Waals surface area contributed by atoms with Gasteiger partial charge in [0.1, 0.15) is 11.3 Å². The van der Waals surface area contributed by atoms with Crippen molar-refractivity contribution in [1.82, 2.24) is 4.98 Å². The highest BCUT2D eigenvalue weighted by molar-refractivity contribution is 5.87. The first-order chi connectivity index (χ1) is 6.92. The zero-order chi connectivity index (χ0) is 11.5. The van der Waals surface area contributed by atoms with Crippen LogP contribution >= 0.6 is 0 Å². The summed E-state index contributed by atoms with van der Waals surface area (Å²) in [6, 6.07) is 5.13. The molecule has 0 aromatic carbocycles. The molecule has 0 aliphatic heterocycles. The van der Waals surface area contributed by atoms with Gasteiger partial charge in [0.2, 0.25) is 0 Å². The fourth-order valence-electron chi connectivity index (χ4n) is 1.04. The number of nitrogens with two attached hydrogens (primary N) is 1. The van der Waals surface area contributed by atoms with Crippen molar-refractivity contribution < 1.29 is 9.53 Å². The second-order valence-electron chi connectivity index (χ2n) is 4.22. The predicted octanol–water partition coefficient (Wildman–Crippen LogP) is 1.50. The number of esters is 1. The average Bonchev–Trinajstić information content (AvgIpc) is 2.15. The van der Waals surface area contributed by atoms with Crippen LogP contribution in [0.2, 0.25) is 0 Å². The van der Waals surface area contributed by atoms with Crippen molar-refractivity contribution in [2.24, 2.45) is 5.73 Å². The molecule has 1 aromatic rings. The maximum atomic E-state index is 11.6. The summed E-state index contributed by atoms with van der Waals surface area (Å²) < 4.78 is 5.18. The Labute approximate surface area is 89.5 Å². The number of hydrogen-bond acceptors (Lipinski definition) is 4. The topological polar surface area (TPSA) is 65.2 Å². The van der Waals surface area contributed by atoms with Crippen LogP contribution in [-0.4, -0.2) is 16.6 Å². The second kappa shape index (κ2) is 4.40. The summed E-state index contributed by atoms with van der Waals surface area (Å²) in [4.78, 5) is 15.7. The Hall–Kier alpha value is -1.42. The van der Waals surface area contributed by atoms with Gasteiger partial charge in [0.15, 0.2) is 0 Å². The van der Waals surface area contributed by atoms with Gasteiger partial charge in [-0.3, -0.25) is 0 Å². The van der Waals surface area contributed by atoms with E-state index in [0.29, 0.717) is 17.9 Å². The Morgan fingerprint density at radius 1 is 1.47 bits per heavy atom. The molecule has 0 aliphatic rings. The quantitative estimate of drug-likeness (QED) is 0.748. The first kappa shape index (κ1) is 11.7. The Kier molecular flexibility index (Phi) is 3.42. The highest BCUT2D eigenvalue weighted by Crippen LogP contribution is 2.10. The summed E-state index contributed by atoms with van der Waals surface area (Å²) in [6.45, 7) is 5.77. The summed E-state index contributed by atoms with van der Waals surface area (Å²) in [5.74, 6) is -0.419. The largest absolute Gasteiger partial charge is 0.455 e. The number of hydrogen-bond donors (Lipinski definition) is 1. The smallest absolute Gasteiger partial charge is 0.357 e. The van der Waals surface area contributed by atoms with Crippen LogP contribution in [0.25, 0.3) is 0 Å². The van der Waals surface area contributed by atoms with Crippen LogP contribution in [0.5, 0.6) is 0 Å². The molecule has 2 N–H and O–H groups in total. The van der Waals surface area contributed by atoms with Crippen molar-refractivity contribution in [2.75, 3.05) is 0 Å². The molecule has 1 heterocycles. The molecular formula is C11H16N2O2. The van der Waals surface area contributed by atoms with Crippen LogP contribution in [0.1, 0.15) is 37.0 Å². The van der Waals surface area contributed by atoms with Crippen molar-refractivity contribution in [3.8, 4) is 0 Å². The number of rotatable bonds is 2. The molecule has 0 saturated carbocycles. The second-order valence-corrected chi connectivity index (χ2v) is 4.22. The van der Waals surface area contributed by atoms with Crippen LogP contribution in [0.15, 0.2) is 18.2 Å². The number of pyridine rings is 1. The van der Waals surface area contributed by atoms with E-state index in [1.807, 2.05) is 20.8 Å². The van der Waals surface area contributed by atoms with Gasteiger partial charge in [0.25, 0.3) is 0 Å². The van der Waals surface area contributed by atoms with Gasteiger partial charge in [0.05, 0.1) is 5.69 Å². The molecule has 0 unspecified atom stereocenters. The van der Waals surface area contributed by atoms with E-state index in [9.17, 15) is 4.79 Å². The van der Waals surface area contributed by atoms with E-state index >= 15 is 0 Å². The minimum atomic E-state index is -0.502. The summed E-state index contributed by atoms with van der Waals surface area (Å²) in [5.41, 5.74) is 5.91. The zero-order valence-electron chi connectivity index (χ0n) is 9.28. The Morgan fingerprint density at radius 3 is 2.67 bits per heavy atom. The Morgan fingerprint density at radius 2 is 2.13 bits per heavy atom. The van der Waals surface area contributed by atoms with Crippen LogP contribution in [0.3, 0.4) is 0 Å². The number of carbonyl (C=O) groups is 1. The first-order valence-electron chi connectivity index (χ1n) is 4.82. The lowest BCUT2D eigenvalue weighted by molar-refractivity contribution is 0.00626. The summed E-state index contributed by atoms with van der Waals surface area (Å²) in [7, 11) is 0. The standard InChI is InChI=1S/C11H16N2O2/c1-11(2,3)15-10(14)9-6-4-5-8(7-12)13-9/h4-6H,7,12H2,1-3H3. The van der Waals surface area contributed by atoms with E-state index in [1.54, 1.807) is 18.2 Å². The third-order valence-electron chi connectivity index (χ3n) is 1.62. The maximum Gasteiger partial charge on any atom is 0.357 e. The van der Waals surface area contributed by atoms with Gasteiger partial charge in [-0.15, -0.1) is 0 Å². The van der Waals surface area contributed by atoms with Gasteiger partial charge in [-0.2, -0.15) is 0 Å². The molecule has 4 heteroatoms. The van der Waals surface area contributed by atoms with Crippen LogP contribution < -0.4 is 5.73 Å². The number of nitrogens with zero attached hydrogens (tertiary/aromatic N) is 1. The Bertz CT molecular complexity index is 356. The number of ether oxygens (including phenoxy) is 1. The van der Waals surface area contributed by atoms with Gasteiger partial charge in [-0.1, -0.05) is 6.07 Å². The molecule has 1 aromatic heterocycles. The SMILES string of the molecule is CC(C)(C)OC(=O)c1cccc(CN)n1. The van der Waals surface area contributed by atoms with Gasteiger partial charge < -0.3 is 10.5 Å². The Balaban J connectivity index is 2.82. The summed E-state index contributed by atoms with van der Waals surface area (Å²) in [6.07, 6.45) is 0. The zero-order valence-corrected chi connectivity index (χ0v) is 9.28. The normalized spacial score (nSPS) is 11.2. The third-order valence-corrected chi connectivity index (χ3v) is 1.62. The van der Waals surface area contributed by atoms with E-state index in [2.05, 4.69) is 4.98 Å². The fraction of sp³-hybridized carbons (Fsp3) is 0.455. The van der Waals surface area contributed by atoms with Crippen LogP contribution in [0.4, 0.5) is 0 Å². The first-order valence-corrected chi connectivity index (χ1v) is 4.82. The molecular weight excluding hydrogens is 192 g/mol. The van der Waals surface area contributed by atoms with Crippen molar-refractivity contribution >= 4 is 5.97 Å². The lowest BCUT2D eigenvalue weighted by Gasteiger charge is -2.19. The van der Waals surface area contributed by atoms with Crippen molar-refractivity contribution in [2.45, 2.75) is 32.9 Å². The van der Waals surface area contributed by atoms with E-state index in [1.165, 1.54) is 0 Å². The molecule has 15 heavy (non-hydrogen) atoms. The van der Waals surface area contributed by atoms with Crippen molar-refractivity contribution in [1.29, 1.82) is 0 Å². The molecule has 1 rings (SSSR count). The molecule has 0 atom stereocenters. The monoisotopic (exact) mass is 208 g/mol. The third kappa shape index (κ3) is 3.67. The molecule has 0 spiro atoms. The highest BCUT2D eigenvalue weighted by atomic mass is 16.6. The van der Waals surface area contributed by atoms with Crippen LogP contribution in [-0.2, 0) is 11.3 Å². The molecule has 82 valence electrons. The minimum Gasteiger partial charge on any atom is -0.455 e. The maximum absolute atomic E-state index is 11.6. The van der Waals surface area contributed by atoms with E-state index in [4.69, 9.17) is 10.5 Å². The van der Waals surface area contributed by atoms with Crippen molar-refractivity contribution in [3.63, 3.8) is 0 Å². The highest BCUT2D eigenvalue weighted by Gasteiger charge is 2.18. The molecule has 0 saturated heterocycles. The minimum absolute atomic E-state index is 0.299. The molecule has 0 bridgehead atoms. The lowest BCUT2D eigenvalue weighted by Crippen LogP contribution is -2.24. The predicted molar refractivity (Wildman–Crippen MR) is 57.3 cm³/mol. The van der Waals surface area contributed by atoms with Gasteiger partial charge in [0, 0.05) is 6.54 Å². The molecule has 4 nitrogen and oxygen atoms in total. The number of carbonyl (C=O) groups excluding carboxylic acids is 1. The molecule has 0 fully saturated rings. The van der Waals surface area contributed by atoms with Gasteiger partial charge in [-0.25, -0.2) is 9.78 Å². The molecule has 0 aliphatic carbocycles. The molecule has 0 amide bonds. The summed E-state index contributed by atoms with van der Waals surface area (Å²) in [5, 5.41) is 0. The van der Waals surface area contributed by atoms with Gasteiger partial charge >= 0.3 is 5.97 Å². The van der Waals surface area contributed by atoms with Gasteiger partial charge in [-0.05, 0) is 32.9 Å².